The molecule has 0 aromatic heterocycles. The topological polar surface area (TPSA) is 9.23 Å². The molecule has 1 unspecified atom stereocenters. The van der Waals surface area contributed by atoms with Gasteiger partial charge >= 0.3 is 0 Å². The van der Waals surface area contributed by atoms with Crippen LogP contribution in [0.15, 0.2) is 30.3 Å². The van der Waals surface area contributed by atoms with Gasteiger partial charge in [-0.15, -0.1) is 11.6 Å². The van der Waals surface area contributed by atoms with Gasteiger partial charge in [-0.1, -0.05) is 18.2 Å². The Kier molecular flexibility index (Phi) is 3.95. The fourth-order valence-corrected chi connectivity index (χ4v) is 0.945. The van der Waals surface area contributed by atoms with E-state index in [4.69, 9.17) is 16.3 Å². The number of para-hydroxylation sites is 1. The molecule has 0 radical (unpaired) electrons. The van der Waals surface area contributed by atoms with Crippen LogP contribution < -0.4 is 4.74 Å². The highest BCUT2D eigenvalue weighted by Gasteiger charge is 1.96. The predicted molar refractivity (Wildman–Crippen MR) is 51.9 cm³/mol. The molecule has 1 rings (SSSR count). The average Bonchev–Trinajstić information content (AvgIpc) is 2.05. The number of ether oxygens (including phenoxy) is 1. The normalized spacial score (nSPS) is 12.5. The summed E-state index contributed by atoms with van der Waals surface area (Å²) >= 11 is 5.76. The molecule has 1 atom stereocenters. The summed E-state index contributed by atoms with van der Waals surface area (Å²) in [7, 11) is 0. The molecule has 0 aliphatic heterocycles. The lowest BCUT2D eigenvalue weighted by Crippen LogP contribution is -2.02. The molecule has 0 aliphatic rings. The lowest BCUT2D eigenvalue weighted by Gasteiger charge is -2.05. The van der Waals surface area contributed by atoms with Crippen LogP contribution >= 0.6 is 11.6 Å². The molecular weight excluding hydrogens is 172 g/mol. The van der Waals surface area contributed by atoms with Crippen molar-refractivity contribution in [1.29, 1.82) is 0 Å². The van der Waals surface area contributed by atoms with Gasteiger partial charge in [-0.2, -0.15) is 0 Å². The van der Waals surface area contributed by atoms with Crippen LogP contribution in [0.5, 0.6) is 5.75 Å². The van der Waals surface area contributed by atoms with Crippen molar-refractivity contribution < 1.29 is 4.74 Å². The van der Waals surface area contributed by atoms with Crippen LogP contribution in [0.4, 0.5) is 0 Å². The Balaban J connectivity index is 2.25. The summed E-state index contributed by atoms with van der Waals surface area (Å²) in [6, 6.07) is 9.77. The molecule has 1 nitrogen and oxygen atoms in total. The van der Waals surface area contributed by atoms with E-state index in [1.54, 1.807) is 0 Å². The summed E-state index contributed by atoms with van der Waals surface area (Å²) in [6.07, 6.45) is 0.885. The van der Waals surface area contributed by atoms with E-state index in [0.29, 0.717) is 6.61 Å². The molecule has 0 amide bonds. The summed E-state index contributed by atoms with van der Waals surface area (Å²) in [6.45, 7) is 2.66. The van der Waals surface area contributed by atoms with Crippen molar-refractivity contribution in [3.63, 3.8) is 0 Å². The maximum Gasteiger partial charge on any atom is 0.119 e. The van der Waals surface area contributed by atoms with Gasteiger partial charge < -0.3 is 4.74 Å². The van der Waals surface area contributed by atoms with E-state index in [1.807, 2.05) is 37.3 Å². The zero-order valence-corrected chi connectivity index (χ0v) is 7.92. The maximum absolute atomic E-state index is 5.76. The fraction of sp³-hybridized carbons (Fsp3) is 0.400. The summed E-state index contributed by atoms with van der Waals surface area (Å²) in [4.78, 5) is 0. The average molecular weight is 185 g/mol. The minimum atomic E-state index is 0.189. The monoisotopic (exact) mass is 184 g/mol. The number of alkyl halides is 1. The smallest absolute Gasteiger partial charge is 0.119 e. The molecule has 0 heterocycles. The second-order valence-corrected chi connectivity index (χ2v) is 3.48. The first kappa shape index (κ1) is 9.40. The number of rotatable bonds is 4. The summed E-state index contributed by atoms with van der Waals surface area (Å²) in [5.74, 6) is 0.912. The van der Waals surface area contributed by atoms with Gasteiger partial charge in [-0.3, -0.25) is 0 Å². The van der Waals surface area contributed by atoms with E-state index < -0.39 is 0 Å². The standard InChI is InChI=1S/C10H13ClO/c1-9(11)7-8-12-10-5-3-2-4-6-10/h2-6,9H,7-8H2,1H3. The Labute approximate surface area is 78.3 Å². The summed E-state index contributed by atoms with van der Waals surface area (Å²) < 4.78 is 5.43. The Hall–Kier alpha value is -0.690. The Bertz CT molecular complexity index is 208. The molecular formula is C10H13ClO. The van der Waals surface area contributed by atoms with Gasteiger partial charge in [0.15, 0.2) is 0 Å². The lowest BCUT2D eigenvalue weighted by atomic mass is 10.3. The Morgan fingerprint density at radius 1 is 1.33 bits per heavy atom. The molecule has 0 saturated heterocycles. The van der Waals surface area contributed by atoms with Gasteiger partial charge in [0.1, 0.15) is 5.75 Å². The number of benzene rings is 1. The first-order valence-corrected chi connectivity index (χ1v) is 4.54. The van der Waals surface area contributed by atoms with Crippen LogP contribution in [0, 0.1) is 0 Å². The van der Waals surface area contributed by atoms with Gasteiger partial charge in [0, 0.05) is 5.38 Å². The molecule has 0 aliphatic carbocycles. The van der Waals surface area contributed by atoms with Crippen LogP contribution in [0.1, 0.15) is 13.3 Å². The van der Waals surface area contributed by atoms with E-state index in [0.717, 1.165) is 12.2 Å². The number of hydrogen-bond donors (Lipinski definition) is 0. The van der Waals surface area contributed by atoms with Gasteiger partial charge in [0.05, 0.1) is 6.61 Å². The van der Waals surface area contributed by atoms with Crippen molar-refractivity contribution in [1.82, 2.24) is 0 Å². The predicted octanol–water partition coefficient (Wildman–Crippen LogP) is 3.08. The van der Waals surface area contributed by atoms with Crippen molar-refractivity contribution in [3.8, 4) is 5.75 Å². The second kappa shape index (κ2) is 5.04. The Morgan fingerprint density at radius 2 is 2.00 bits per heavy atom. The SMILES string of the molecule is CC(Cl)CCOc1ccccc1. The lowest BCUT2D eigenvalue weighted by molar-refractivity contribution is 0.310. The second-order valence-electron chi connectivity index (χ2n) is 2.73. The first-order valence-electron chi connectivity index (χ1n) is 4.11. The van der Waals surface area contributed by atoms with Crippen molar-refractivity contribution in [2.24, 2.45) is 0 Å². The molecule has 66 valence electrons. The van der Waals surface area contributed by atoms with Crippen LogP contribution in [-0.4, -0.2) is 12.0 Å². The summed E-state index contributed by atoms with van der Waals surface area (Å²) in [5.41, 5.74) is 0. The van der Waals surface area contributed by atoms with E-state index in [9.17, 15) is 0 Å². The molecule has 0 N–H and O–H groups in total. The molecule has 1 aromatic carbocycles. The van der Waals surface area contributed by atoms with Crippen molar-refractivity contribution >= 4 is 11.6 Å². The molecule has 0 bridgehead atoms. The third kappa shape index (κ3) is 3.63. The van der Waals surface area contributed by atoms with Crippen LogP contribution in [-0.2, 0) is 0 Å². The van der Waals surface area contributed by atoms with Crippen LogP contribution in [0.2, 0.25) is 0 Å². The maximum atomic E-state index is 5.76. The highest BCUT2D eigenvalue weighted by molar-refractivity contribution is 6.20. The van der Waals surface area contributed by atoms with Crippen LogP contribution in [0.25, 0.3) is 0 Å². The largest absolute Gasteiger partial charge is 0.494 e. The van der Waals surface area contributed by atoms with Gasteiger partial charge in [-0.25, -0.2) is 0 Å². The van der Waals surface area contributed by atoms with E-state index in [1.165, 1.54) is 0 Å². The highest BCUT2D eigenvalue weighted by Crippen LogP contribution is 2.09. The molecule has 2 heteroatoms. The van der Waals surface area contributed by atoms with Crippen molar-refractivity contribution in [2.75, 3.05) is 6.61 Å². The minimum absolute atomic E-state index is 0.189. The highest BCUT2D eigenvalue weighted by atomic mass is 35.5. The molecule has 0 fully saturated rings. The molecule has 12 heavy (non-hydrogen) atoms. The minimum Gasteiger partial charge on any atom is -0.494 e. The zero-order valence-electron chi connectivity index (χ0n) is 7.16. The van der Waals surface area contributed by atoms with E-state index in [-0.39, 0.29) is 5.38 Å². The quantitative estimate of drug-likeness (QED) is 0.654. The fourth-order valence-electron chi connectivity index (χ4n) is 0.856. The Morgan fingerprint density at radius 3 is 2.58 bits per heavy atom. The van der Waals surface area contributed by atoms with Crippen LogP contribution in [0.3, 0.4) is 0 Å². The number of hydrogen-bond acceptors (Lipinski definition) is 1. The van der Waals surface area contributed by atoms with Crippen molar-refractivity contribution in [2.45, 2.75) is 18.7 Å². The number of halogens is 1. The van der Waals surface area contributed by atoms with Gasteiger partial charge in [-0.05, 0) is 25.5 Å². The summed E-state index contributed by atoms with van der Waals surface area (Å²) in [5, 5.41) is 0.189. The molecule has 0 spiro atoms. The van der Waals surface area contributed by atoms with E-state index in [2.05, 4.69) is 0 Å². The van der Waals surface area contributed by atoms with Gasteiger partial charge in [0.2, 0.25) is 0 Å². The molecule has 1 aromatic rings. The third-order valence-electron chi connectivity index (χ3n) is 1.53. The third-order valence-corrected chi connectivity index (χ3v) is 1.75. The van der Waals surface area contributed by atoms with Crippen molar-refractivity contribution in [3.05, 3.63) is 30.3 Å². The van der Waals surface area contributed by atoms with E-state index >= 15 is 0 Å². The zero-order chi connectivity index (χ0) is 8.81. The molecule has 0 saturated carbocycles. The van der Waals surface area contributed by atoms with Gasteiger partial charge in [0.25, 0.3) is 0 Å². The first-order chi connectivity index (χ1) is 5.79.